The molecule has 2 atom stereocenters. The molecule has 0 aromatic heterocycles. The number of hydrogen-bond acceptors (Lipinski definition) is 3. The number of carboxylic acid groups (broad SMARTS) is 1. The third-order valence-corrected chi connectivity index (χ3v) is 3.89. The van der Waals surface area contributed by atoms with Crippen molar-refractivity contribution in [1.82, 2.24) is 0 Å². The van der Waals surface area contributed by atoms with Crippen LogP contribution in [-0.2, 0) is 0 Å². The second-order valence-corrected chi connectivity index (χ2v) is 5.33. The Kier molecular flexibility index (Phi) is 4.43. The summed E-state index contributed by atoms with van der Waals surface area (Å²) in [6.45, 7) is 2.10. The minimum Gasteiger partial charge on any atom is -0.478 e. The van der Waals surface area contributed by atoms with Gasteiger partial charge in [0.05, 0.1) is 5.56 Å². The van der Waals surface area contributed by atoms with Crippen LogP contribution in [0, 0.1) is 12.8 Å². The van der Waals surface area contributed by atoms with Crippen molar-refractivity contribution in [2.24, 2.45) is 5.92 Å². The lowest BCUT2D eigenvalue weighted by atomic mass is 9.84. The zero-order valence-corrected chi connectivity index (χ0v) is 11.2. The lowest BCUT2D eigenvalue weighted by Crippen LogP contribution is -2.34. The minimum atomic E-state index is -0.918. The van der Waals surface area contributed by atoms with Crippen LogP contribution in [0.2, 0.25) is 0 Å². The summed E-state index contributed by atoms with van der Waals surface area (Å²) in [5, 5.41) is 22.0. The first-order valence-corrected chi connectivity index (χ1v) is 6.83. The molecular formula is C15H21NO3. The second-order valence-electron chi connectivity index (χ2n) is 5.33. The second kappa shape index (κ2) is 6.06. The molecule has 0 heterocycles. The molecule has 104 valence electrons. The number of aliphatic hydroxyl groups is 1. The fourth-order valence-electron chi connectivity index (χ4n) is 2.78. The summed E-state index contributed by atoms with van der Waals surface area (Å²) < 4.78 is 0. The van der Waals surface area contributed by atoms with E-state index in [1.165, 1.54) is 0 Å². The molecular weight excluding hydrogens is 242 g/mol. The van der Waals surface area contributed by atoms with Crippen LogP contribution < -0.4 is 5.32 Å². The Balaban J connectivity index is 2.21. The molecule has 0 spiro atoms. The maximum atomic E-state index is 11.2. The van der Waals surface area contributed by atoms with E-state index in [0.29, 0.717) is 11.3 Å². The van der Waals surface area contributed by atoms with Gasteiger partial charge in [0.1, 0.15) is 0 Å². The number of anilines is 1. The smallest absolute Gasteiger partial charge is 0.337 e. The van der Waals surface area contributed by atoms with Gasteiger partial charge in [0, 0.05) is 24.3 Å². The van der Waals surface area contributed by atoms with Crippen LogP contribution in [0.4, 0.5) is 5.69 Å². The highest BCUT2D eigenvalue weighted by atomic mass is 16.4. The van der Waals surface area contributed by atoms with E-state index in [1.54, 1.807) is 12.1 Å². The summed E-state index contributed by atoms with van der Waals surface area (Å²) in [5.74, 6) is -0.699. The molecule has 0 aliphatic heterocycles. The lowest BCUT2D eigenvalue weighted by molar-refractivity contribution is 0.0698. The van der Waals surface area contributed by atoms with Crippen LogP contribution in [0.5, 0.6) is 0 Å². The van der Waals surface area contributed by atoms with E-state index in [9.17, 15) is 15.0 Å². The van der Waals surface area contributed by atoms with Crippen molar-refractivity contribution in [2.45, 2.75) is 38.6 Å². The Bertz CT molecular complexity index is 459. The first-order chi connectivity index (χ1) is 9.11. The number of carbonyl (C=O) groups is 1. The molecule has 1 aromatic carbocycles. The van der Waals surface area contributed by atoms with Crippen LogP contribution in [-0.4, -0.2) is 28.8 Å². The van der Waals surface area contributed by atoms with Gasteiger partial charge in [0.2, 0.25) is 0 Å². The Labute approximate surface area is 113 Å². The highest BCUT2D eigenvalue weighted by Crippen LogP contribution is 2.28. The molecule has 0 radical (unpaired) electrons. The number of rotatable bonds is 4. The number of carboxylic acids is 1. The summed E-state index contributed by atoms with van der Waals surface area (Å²) in [5.41, 5.74) is 1.99. The molecule has 0 amide bonds. The van der Waals surface area contributed by atoms with Crippen molar-refractivity contribution in [3.8, 4) is 0 Å². The first kappa shape index (κ1) is 13.9. The van der Waals surface area contributed by atoms with Gasteiger partial charge in [0.15, 0.2) is 0 Å². The largest absolute Gasteiger partial charge is 0.478 e. The van der Waals surface area contributed by atoms with E-state index >= 15 is 0 Å². The number of aliphatic hydroxyl groups excluding tert-OH is 1. The topological polar surface area (TPSA) is 69.6 Å². The van der Waals surface area contributed by atoms with Crippen molar-refractivity contribution in [2.75, 3.05) is 11.9 Å². The maximum Gasteiger partial charge on any atom is 0.337 e. The average molecular weight is 263 g/mol. The van der Waals surface area contributed by atoms with Gasteiger partial charge in [-0.15, -0.1) is 0 Å². The molecule has 2 unspecified atom stereocenters. The lowest BCUT2D eigenvalue weighted by Gasteiger charge is -2.32. The van der Waals surface area contributed by atoms with Crippen molar-refractivity contribution < 1.29 is 15.0 Å². The van der Waals surface area contributed by atoms with E-state index in [4.69, 9.17) is 0 Å². The molecule has 3 N–H and O–H groups in total. The molecule has 1 saturated carbocycles. The summed E-state index contributed by atoms with van der Waals surface area (Å²) in [4.78, 5) is 11.2. The van der Waals surface area contributed by atoms with E-state index < -0.39 is 5.97 Å². The zero-order valence-electron chi connectivity index (χ0n) is 11.2. The number of aromatic carboxylic acids is 1. The highest BCUT2D eigenvalue weighted by molar-refractivity contribution is 5.94. The Hall–Kier alpha value is -1.55. The van der Waals surface area contributed by atoms with Crippen LogP contribution >= 0.6 is 0 Å². The average Bonchev–Trinajstić information content (AvgIpc) is 2.39. The molecule has 4 heteroatoms. The third kappa shape index (κ3) is 3.26. The summed E-state index contributed by atoms with van der Waals surface area (Å²) in [7, 11) is 0. The zero-order chi connectivity index (χ0) is 13.8. The van der Waals surface area contributed by atoms with Gasteiger partial charge in [0.25, 0.3) is 0 Å². The molecule has 2 rings (SSSR count). The third-order valence-electron chi connectivity index (χ3n) is 3.89. The minimum absolute atomic E-state index is 0.159. The fourth-order valence-corrected chi connectivity index (χ4v) is 2.78. The quantitative estimate of drug-likeness (QED) is 0.781. The number of benzene rings is 1. The summed E-state index contributed by atoms with van der Waals surface area (Å²) >= 11 is 0. The van der Waals surface area contributed by atoms with Crippen LogP contribution in [0.25, 0.3) is 0 Å². The molecule has 0 saturated heterocycles. The van der Waals surface area contributed by atoms with Crippen molar-refractivity contribution in [1.29, 1.82) is 0 Å². The van der Waals surface area contributed by atoms with E-state index in [2.05, 4.69) is 5.32 Å². The van der Waals surface area contributed by atoms with Crippen LogP contribution in [0.1, 0.15) is 41.6 Å². The first-order valence-electron chi connectivity index (χ1n) is 6.83. The summed E-state index contributed by atoms with van der Waals surface area (Å²) in [6.07, 6.45) is 4.26. The Morgan fingerprint density at radius 3 is 2.79 bits per heavy atom. The molecule has 19 heavy (non-hydrogen) atoms. The molecule has 0 bridgehead atoms. The van der Waals surface area contributed by atoms with Crippen molar-refractivity contribution in [3.63, 3.8) is 0 Å². The monoisotopic (exact) mass is 263 g/mol. The molecule has 1 aliphatic rings. The number of aryl methyl sites for hydroxylation is 1. The van der Waals surface area contributed by atoms with E-state index in [0.717, 1.165) is 31.2 Å². The number of nitrogens with one attached hydrogen (secondary N) is 1. The molecule has 1 aliphatic carbocycles. The van der Waals surface area contributed by atoms with Gasteiger partial charge in [-0.1, -0.05) is 18.9 Å². The van der Waals surface area contributed by atoms with Gasteiger partial charge < -0.3 is 15.5 Å². The van der Waals surface area contributed by atoms with Gasteiger partial charge >= 0.3 is 5.97 Å². The van der Waals surface area contributed by atoms with Crippen molar-refractivity contribution in [3.05, 3.63) is 29.3 Å². The Morgan fingerprint density at radius 1 is 1.37 bits per heavy atom. The molecule has 4 nitrogen and oxygen atoms in total. The Morgan fingerprint density at radius 2 is 2.11 bits per heavy atom. The van der Waals surface area contributed by atoms with E-state index in [-0.39, 0.29) is 18.6 Å². The normalized spacial score (nSPS) is 23.1. The fraction of sp³-hybridized carbons (Fsp3) is 0.533. The summed E-state index contributed by atoms with van der Waals surface area (Å²) in [6, 6.07) is 5.47. The van der Waals surface area contributed by atoms with Gasteiger partial charge in [-0.25, -0.2) is 4.79 Å². The highest BCUT2D eigenvalue weighted by Gasteiger charge is 2.25. The van der Waals surface area contributed by atoms with Gasteiger partial charge in [-0.3, -0.25) is 0 Å². The van der Waals surface area contributed by atoms with Gasteiger partial charge in [-0.05, 0) is 37.5 Å². The predicted octanol–water partition coefficient (Wildman–Crippen LogP) is 2.66. The standard InChI is InChI=1S/C15H21NO3/c1-10-6-7-12(15(18)19)14(8-10)16-13-5-3-2-4-11(13)9-17/h6-8,11,13,16-17H,2-5,9H2,1H3,(H,18,19). The predicted molar refractivity (Wildman–Crippen MR) is 74.6 cm³/mol. The van der Waals surface area contributed by atoms with Gasteiger partial charge in [-0.2, -0.15) is 0 Å². The van der Waals surface area contributed by atoms with E-state index in [1.807, 2.05) is 13.0 Å². The molecule has 1 fully saturated rings. The number of hydrogen-bond donors (Lipinski definition) is 3. The molecule has 1 aromatic rings. The SMILES string of the molecule is Cc1ccc(C(=O)O)c(NC2CCCCC2CO)c1. The van der Waals surface area contributed by atoms with Crippen molar-refractivity contribution >= 4 is 11.7 Å². The van der Waals surface area contributed by atoms with Crippen LogP contribution in [0.15, 0.2) is 18.2 Å². The maximum absolute atomic E-state index is 11.2. The van der Waals surface area contributed by atoms with Crippen LogP contribution in [0.3, 0.4) is 0 Å².